The topological polar surface area (TPSA) is 90.3 Å². The van der Waals surface area contributed by atoms with Gasteiger partial charge in [-0.05, 0) is 43.2 Å². The molecule has 0 aliphatic rings. The molecule has 1 heterocycles. The van der Waals surface area contributed by atoms with Crippen molar-refractivity contribution in [3.05, 3.63) is 47.0 Å². The van der Waals surface area contributed by atoms with E-state index in [0.717, 1.165) is 11.9 Å². The highest BCUT2D eigenvalue weighted by Crippen LogP contribution is 2.24. The van der Waals surface area contributed by atoms with E-state index in [1.165, 1.54) is 4.68 Å². The largest absolute Gasteiger partial charge is 0.324 e. The number of anilines is 1. The van der Waals surface area contributed by atoms with Crippen molar-refractivity contribution in [2.75, 3.05) is 18.2 Å². The van der Waals surface area contributed by atoms with Gasteiger partial charge in [0.25, 0.3) is 10.1 Å². The van der Waals surface area contributed by atoms with Crippen LogP contribution in [-0.2, 0) is 24.5 Å². The summed E-state index contributed by atoms with van der Waals surface area (Å²) in [6.07, 6.45) is 2.74. The van der Waals surface area contributed by atoms with Crippen LogP contribution in [0.15, 0.2) is 24.4 Å². The van der Waals surface area contributed by atoms with Gasteiger partial charge < -0.3 is 5.32 Å². The predicted molar refractivity (Wildman–Crippen MR) is 110 cm³/mol. The summed E-state index contributed by atoms with van der Waals surface area (Å²) in [5.41, 5.74) is 1.90. The molecule has 0 radical (unpaired) electrons. The van der Waals surface area contributed by atoms with Gasteiger partial charge in [-0.1, -0.05) is 20.8 Å². The Morgan fingerprint density at radius 3 is 2.34 bits per heavy atom. The Hall–Kier alpha value is -2.26. The number of hydrogen-bond acceptors (Lipinski definition) is 5. The van der Waals surface area contributed by atoms with E-state index >= 15 is 0 Å². The molecule has 0 saturated carbocycles. The third-order valence-corrected chi connectivity index (χ3v) is 4.99. The average molecular weight is 426 g/mol. The SMILES string of the molecule is Cc1cc(NC(=O)C(CCOS(C)(=O)=O)n2ccc(C(C)(C)C)n2)cc(C)c1F. The quantitative estimate of drug-likeness (QED) is 0.686. The van der Waals surface area contributed by atoms with Crippen LogP contribution in [0.1, 0.15) is 50.1 Å². The molecule has 0 fully saturated rings. The molecule has 0 spiro atoms. The summed E-state index contributed by atoms with van der Waals surface area (Å²) in [4.78, 5) is 13.0. The van der Waals surface area contributed by atoms with E-state index in [4.69, 9.17) is 4.18 Å². The van der Waals surface area contributed by atoms with Crippen molar-refractivity contribution in [3.8, 4) is 0 Å². The third kappa shape index (κ3) is 6.37. The Morgan fingerprint density at radius 2 is 1.86 bits per heavy atom. The summed E-state index contributed by atoms with van der Waals surface area (Å²) in [6, 6.07) is 4.13. The fourth-order valence-electron chi connectivity index (χ4n) is 2.85. The molecule has 29 heavy (non-hydrogen) atoms. The van der Waals surface area contributed by atoms with Gasteiger partial charge in [0, 0.05) is 23.7 Å². The second-order valence-electron chi connectivity index (χ2n) is 8.17. The predicted octanol–water partition coefficient (Wildman–Crippen LogP) is 3.48. The molecule has 1 aromatic carbocycles. The zero-order valence-electron chi connectivity index (χ0n) is 17.6. The van der Waals surface area contributed by atoms with Gasteiger partial charge in [-0.3, -0.25) is 13.7 Å². The lowest BCUT2D eigenvalue weighted by molar-refractivity contribution is -0.119. The number of hydrogen-bond donors (Lipinski definition) is 1. The maximum Gasteiger partial charge on any atom is 0.264 e. The molecule has 0 aliphatic heterocycles. The average Bonchev–Trinajstić information content (AvgIpc) is 3.05. The summed E-state index contributed by atoms with van der Waals surface area (Å²) in [5.74, 6) is -0.709. The minimum absolute atomic E-state index is 0.101. The van der Waals surface area contributed by atoms with Crippen molar-refractivity contribution in [2.24, 2.45) is 0 Å². The van der Waals surface area contributed by atoms with Crippen LogP contribution in [0, 0.1) is 19.7 Å². The Balaban J connectivity index is 2.28. The maximum absolute atomic E-state index is 13.9. The van der Waals surface area contributed by atoms with Gasteiger partial charge >= 0.3 is 0 Å². The summed E-state index contributed by atoms with van der Waals surface area (Å²) in [7, 11) is -3.62. The zero-order chi connectivity index (χ0) is 22.0. The van der Waals surface area contributed by atoms with Crippen LogP contribution in [0.2, 0.25) is 0 Å². The Morgan fingerprint density at radius 1 is 1.28 bits per heavy atom. The molecule has 0 bridgehead atoms. The summed E-state index contributed by atoms with van der Waals surface area (Å²) in [6.45, 7) is 9.10. The molecule has 160 valence electrons. The van der Waals surface area contributed by atoms with Crippen molar-refractivity contribution >= 4 is 21.7 Å². The van der Waals surface area contributed by atoms with Gasteiger partial charge in [0.05, 0.1) is 18.6 Å². The molecule has 2 aromatic rings. The van der Waals surface area contributed by atoms with E-state index in [1.807, 2.05) is 26.8 Å². The smallest absolute Gasteiger partial charge is 0.264 e. The second kappa shape index (κ2) is 8.62. The second-order valence-corrected chi connectivity index (χ2v) is 9.82. The number of carbonyl (C=O) groups is 1. The monoisotopic (exact) mass is 425 g/mol. The van der Waals surface area contributed by atoms with E-state index in [1.54, 1.807) is 32.2 Å². The molecule has 1 atom stereocenters. The van der Waals surface area contributed by atoms with Gasteiger partial charge in [0.1, 0.15) is 11.9 Å². The molecule has 1 unspecified atom stereocenters. The van der Waals surface area contributed by atoms with Crippen molar-refractivity contribution in [2.45, 2.75) is 52.5 Å². The van der Waals surface area contributed by atoms with E-state index in [-0.39, 0.29) is 24.3 Å². The summed E-state index contributed by atoms with van der Waals surface area (Å²) >= 11 is 0. The number of aromatic nitrogens is 2. The minimum atomic E-state index is -3.62. The molecule has 2 rings (SSSR count). The number of aryl methyl sites for hydroxylation is 2. The first-order valence-corrected chi connectivity index (χ1v) is 11.1. The van der Waals surface area contributed by atoms with E-state index in [0.29, 0.717) is 16.8 Å². The fourth-order valence-corrected chi connectivity index (χ4v) is 3.25. The molecule has 1 aromatic heterocycles. The van der Waals surface area contributed by atoms with Crippen molar-refractivity contribution in [1.29, 1.82) is 0 Å². The van der Waals surface area contributed by atoms with Crippen LogP contribution in [0.4, 0.5) is 10.1 Å². The van der Waals surface area contributed by atoms with Gasteiger partial charge in [-0.15, -0.1) is 0 Å². The number of nitrogens with zero attached hydrogens (tertiary/aromatic N) is 2. The molecular formula is C20H28FN3O4S. The molecule has 1 N–H and O–H groups in total. The molecular weight excluding hydrogens is 397 g/mol. The maximum atomic E-state index is 13.9. The Bertz CT molecular complexity index is 970. The first kappa shape index (κ1) is 23.0. The highest BCUT2D eigenvalue weighted by molar-refractivity contribution is 7.85. The van der Waals surface area contributed by atoms with Gasteiger partial charge in [0.15, 0.2) is 0 Å². The lowest BCUT2D eigenvalue weighted by Crippen LogP contribution is -2.28. The van der Waals surface area contributed by atoms with Gasteiger partial charge in [-0.25, -0.2) is 4.39 Å². The highest BCUT2D eigenvalue weighted by Gasteiger charge is 2.25. The third-order valence-electron chi connectivity index (χ3n) is 4.39. The van der Waals surface area contributed by atoms with Crippen LogP contribution in [0.5, 0.6) is 0 Å². The number of carbonyl (C=O) groups excluding carboxylic acids is 1. The first-order valence-electron chi connectivity index (χ1n) is 9.25. The van der Waals surface area contributed by atoms with Crippen LogP contribution in [-0.4, -0.2) is 37.0 Å². The van der Waals surface area contributed by atoms with E-state index in [2.05, 4.69) is 10.4 Å². The van der Waals surface area contributed by atoms with Crippen molar-refractivity contribution in [3.63, 3.8) is 0 Å². The number of benzene rings is 1. The van der Waals surface area contributed by atoms with Crippen LogP contribution >= 0.6 is 0 Å². The summed E-state index contributed by atoms with van der Waals surface area (Å²) in [5, 5.41) is 7.27. The van der Waals surface area contributed by atoms with E-state index in [9.17, 15) is 17.6 Å². The minimum Gasteiger partial charge on any atom is -0.324 e. The van der Waals surface area contributed by atoms with Crippen molar-refractivity contribution in [1.82, 2.24) is 9.78 Å². The molecule has 0 saturated heterocycles. The van der Waals surface area contributed by atoms with Gasteiger partial charge in [0.2, 0.25) is 5.91 Å². The van der Waals surface area contributed by atoms with Crippen molar-refractivity contribution < 1.29 is 21.8 Å². The fraction of sp³-hybridized carbons (Fsp3) is 0.500. The van der Waals surface area contributed by atoms with Crippen LogP contribution < -0.4 is 5.32 Å². The zero-order valence-corrected chi connectivity index (χ0v) is 18.4. The Labute approximate surface area is 171 Å². The molecule has 7 nitrogen and oxygen atoms in total. The van der Waals surface area contributed by atoms with E-state index < -0.39 is 22.1 Å². The molecule has 9 heteroatoms. The Kier molecular flexibility index (Phi) is 6.85. The first-order chi connectivity index (χ1) is 13.3. The normalized spacial score (nSPS) is 13.3. The molecule has 0 aliphatic carbocycles. The molecule has 1 amide bonds. The van der Waals surface area contributed by atoms with Gasteiger partial charge in [-0.2, -0.15) is 13.5 Å². The number of nitrogens with one attached hydrogen (secondary N) is 1. The van der Waals surface area contributed by atoms with Crippen LogP contribution in [0.3, 0.4) is 0 Å². The van der Waals surface area contributed by atoms with Crippen LogP contribution in [0.25, 0.3) is 0 Å². The lowest BCUT2D eigenvalue weighted by atomic mass is 9.93. The number of halogens is 1. The highest BCUT2D eigenvalue weighted by atomic mass is 32.2. The summed E-state index contributed by atoms with van der Waals surface area (Å²) < 4.78 is 42.7. The lowest BCUT2D eigenvalue weighted by Gasteiger charge is -2.19. The number of amides is 1. The number of rotatable bonds is 7. The standard InChI is InChI=1S/C20H28FN3O4S/c1-13-11-15(12-14(2)18(13)21)22-19(25)16(8-10-28-29(6,26)27)24-9-7-17(23-24)20(3,4)5/h7,9,11-12,16H,8,10H2,1-6H3,(H,22,25).